The molecular formula is C52H42N2Si. The van der Waals surface area contributed by atoms with Gasteiger partial charge >= 0.3 is 0 Å². The molecule has 0 aliphatic rings. The molecule has 2 nitrogen and oxygen atoms in total. The standard InChI is InChI=1S/C52H42N2Si/c1-52(2,3)55(40-20-9-5-10-21-40,41-22-11-6-12-23-41)42-34-35-48-45(36-42)43-24-13-15-26-46(43)54(48)50-29-17-28-49-51(50)44-25-14-16-27-47(44)53(49)39-32-30-38(31-33-39)37-18-7-4-8-19-37/h4-36H,1-3H3. The van der Waals surface area contributed by atoms with E-state index in [1.54, 1.807) is 0 Å². The molecule has 8 aromatic carbocycles. The smallest absolute Gasteiger partial charge is 0.153 e. The van der Waals surface area contributed by atoms with E-state index in [9.17, 15) is 0 Å². The van der Waals surface area contributed by atoms with Gasteiger partial charge in [0, 0.05) is 27.2 Å². The number of benzene rings is 8. The Bertz CT molecular complexity index is 2950. The van der Waals surface area contributed by atoms with Gasteiger partial charge in [0.05, 0.1) is 27.8 Å². The fourth-order valence-corrected chi connectivity index (χ4v) is 15.2. The summed E-state index contributed by atoms with van der Waals surface area (Å²) in [5.41, 5.74) is 9.62. The number of nitrogens with zero attached hydrogens (tertiary/aromatic N) is 2. The fraction of sp³-hybridized carbons (Fsp3) is 0.0769. The van der Waals surface area contributed by atoms with E-state index < -0.39 is 8.07 Å². The van der Waals surface area contributed by atoms with Crippen LogP contribution < -0.4 is 15.6 Å². The normalized spacial score (nSPS) is 12.3. The van der Waals surface area contributed by atoms with Gasteiger partial charge in [-0.2, -0.15) is 0 Å². The number of fused-ring (bicyclic) bond motifs is 6. The van der Waals surface area contributed by atoms with Crippen LogP contribution in [-0.4, -0.2) is 17.2 Å². The molecule has 0 spiro atoms. The third-order valence-electron chi connectivity index (χ3n) is 11.8. The highest BCUT2D eigenvalue weighted by molar-refractivity contribution is 7.13. The Balaban J connectivity index is 1.23. The first kappa shape index (κ1) is 33.2. The highest BCUT2D eigenvalue weighted by atomic mass is 28.3. The Morgan fingerprint density at radius 1 is 0.364 bits per heavy atom. The van der Waals surface area contributed by atoms with Crippen molar-refractivity contribution in [2.45, 2.75) is 25.8 Å². The molecule has 0 aliphatic carbocycles. The molecule has 2 heterocycles. The summed E-state index contributed by atoms with van der Waals surface area (Å²) in [4.78, 5) is 0. The molecule has 55 heavy (non-hydrogen) atoms. The Labute approximate surface area is 323 Å². The monoisotopic (exact) mass is 722 g/mol. The Morgan fingerprint density at radius 3 is 1.51 bits per heavy atom. The summed E-state index contributed by atoms with van der Waals surface area (Å²) in [6, 6.07) is 74.2. The summed E-state index contributed by atoms with van der Waals surface area (Å²) in [7, 11) is -2.55. The van der Waals surface area contributed by atoms with Gasteiger partial charge in [0.2, 0.25) is 0 Å². The fourth-order valence-electron chi connectivity index (χ4n) is 9.54. The lowest BCUT2D eigenvalue weighted by atomic mass is 10.1. The Hall–Kier alpha value is -6.42. The predicted molar refractivity (Wildman–Crippen MR) is 238 cm³/mol. The molecule has 0 amide bonds. The molecule has 0 aliphatic heterocycles. The second-order valence-electron chi connectivity index (χ2n) is 15.8. The molecule has 0 saturated heterocycles. The molecule has 0 radical (unpaired) electrons. The highest BCUT2D eigenvalue weighted by Crippen LogP contribution is 2.41. The summed E-state index contributed by atoms with van der Waals surface area (Å²) < 4.78 is 4.94. The maximum Gasteiger partial charge on any atom is 0.153 e. The van der Waals surface area contributed by atoms with E-state index in [4.69, 9.17) is 0 Å². The van der Waals surface area contributed by atoms with Crippen LogP contribution >= 0.6 is 0 Å². The maximum absolute atomic E-state index is 2.55. The van der Waals surface area contributed by atoms with Crippen molar-refractivity contribution in [2.75, 3.05) is 0 Å². The highest BCUT2D eigenvalue weighted by Gasteiger charge is 2.49. The zero-order valence-electron chi connectivity index (χ0n) is 31.4. The van der Waals surface area contributed by atoms with Gasteiger partial charge in [0.1, 0.15) is 0 Å². The summed E-state index contributed by atoms with van der Waals surface area (Å²) in [5, 5.41) is 9.36. The second kappa shape index (κ2) is 12.9. The number of rotatable bonds is 6. The van der Waals surface area contributed by atoms with Crippen LogP contribution in [0.2, 0.25) is 5.04 Å². The van der Waals surface area contributed by atoms with Gasteiger partial charge in [-0.3, -0.25) is 0 Å². The number of hydrogen-bond acceptors (Lipinski definition) is 0. The maximum atomic E-state index is 2.54. The summed E-state index contributed by atoms with van der Waals surface area (Å²) >= 11 is 0. The third kappa shape index (κ3) is 5.07. The minimum atomic E-state index is -2.55. The van der Waals surface area contributed by atoms with E-state index in [0.717, 1.165) is 5.69 Å². The molecule has 0 unspecified atom stereocenters. The lowest BCUT2D eigenvalue weighted by Gasteiger charge is -2.44. The molecule has 0 bridgehead atoms. The minimum absolute atomic E-state index is 0.00548. The molecule has 10 aromatic rings. The van der Waals surface area contributed by atoms with Crippen LogP contribution in [0.3, 0.4) is 0 Å². The van der Waals surface area contributed by atoms with E-state index in [1.165, 1.54) is 76.0 Å². The van der Waals surface area contributed by atoms with E-state index in [0.29, 0.717) is 0 Å². The molecule has 0 fully saturated rings. The first-order valence-corrected chi connectivity index (χ1v) is 21.3. The van der Waals surface area contributed by atoms with Crippen molar-refractivity contribution in [3.8, 4) is 22.5 Å². The molecule has 0 atom stereocenters. The van der Waals surface area contributed by atoms with E-state index in [2.05, 4.69) is 230 Å². The molecule has 0 N–H and O–H groups in total. The third-order valence-corrected chi connectivity index (χ3v) is 17.6. The minimum Gasteiger partial charge on any atom is -0.309 e. The molecule has 0 saturated carbocycles. The molecule has 3 heteroatoms. The quantitative estimate of drug-likeness (QED) is 0.119. The number of para-hydroxylation sites is 2. The van der Waals surface area contributed by atoms with E-state index in [1.807, 2.05) is 0 Å². The van der Waals surface area contributed by atoms with Gasteiger partial charge in [-0.15, -0.1) is 0 Å². The summed E-state index contributed by atoms with van der Waals surface area (Å²) in [6.07, 6.45) is 0. The van der Waals surface area contributed by atoms with Crippen LogP contribution in [0, 0.1) is 0 Å². The van der Waals surface area contributed by atoms with Gasteiger partial charge in [-0.25, -0.2) is 0 Å². The number of hydrogen-bond donors (Lipinski definition) is 0. The Morgan fingerprint density at radius 2 is 0.873 bits per heavy atom. The van der Waals surface area contributed by atoms with Crippen molar-refractivity contribution < 1.29 is 0 Å². The lowest BCUT2D eigenvalue weighted by Crippen LogP contribution is -2.72. The SMILES string of the molecule is CC(C)(C)[Si](c1ccccc1)(c1ccccc1)c1ccc2c(c1)c1ccccc1n2-c1cccc2c1c1ccccc1n2-c1ccc(-c2ccccc2)cc1. The largest absolute Gasteiger partial charge is 0.309 e. The van der Waals surface area contributed by atoms with Crippen LogP contribution in [0.4, 0.5) is 0 Å². The lowest BCUT2D eigenvalue weighted by molar-refractivity contribution is 0.739. The van der Waals surface area contributed by atoms with Crippen molar-refractivity contribution in [1.29, 1.82) is 0 Å². The van der Waals surface area contributed by atoms with Crippen LogP contribution in [0.1, 0.15) is 20.8 Å². The first-order chi connectivity index (χ1) is 26.9. The zero-order valence-corrected chi connectivity index (χ0v) is 32.4. The predicted octanol–water partition coefficient (Wildman–Crippen LogP) is 11.8. The van der Waals surface area contributed by atoms with Crippen molar-refractivity contribution >= 4 is 67.2 Å². The van der Waals surface area contributed by atoms with Crippen LogP contribution in [0.15, 0.2) is 200 Å². The molecular weight excluding hydrogens is 681 g/mol. The van der Waals surface area contributed by atoms with Gasteiger partial charge in [-0.05, 0) is 74.2 Å². The zero-order chi connectivity index (χ0) is 37.1. The van der Waals surface area contributed by atoms with Gasteiger partial charge in [0.25, 0.3) is 0 Å². The summed E-state index contributed by atoms with van der Waals surface area (Å²) in [6.45, 7) is 7.33. The van der Waals surface area contributed by atoms with Gasteiger partial charge in [0.15, 0.2) is 8.07 Å². The first-order valence-electron chi connectivity index (χ1n) is 19.3. The van der Waals surface area contributed by atoms with E-state index >= 15 is 0 Å². The van der Waals surface area contributed by atoms with Crippen LogP contribution in [0.25, 0.3) is 66.1 Å². The topological polar surface area (TPSA) is 9.86 Å². The van der Waals surface area contributed by atoms with Gasteiger partial charge < -0.3 is 9.13 Å². The van der Waals surface area contributed by atoms with Crippen molar-refractivity contribution in [1.82, 2.24) is 9.13 Å². The summed E-state index contributed by atoms with van der Waals surface area (Å²) in [5.74, 6) is 0. The van der Waals surface area contributed by atoms with Crippen molar-refractivity contribution in [3.63, 3.8) is 0 Å². The van der Waals surface area contributed by atoms with E-state index in [-0.39, 0.29) is 5.04 Å². The number of aromatic nitrogens is 2. The molecule has 2 aromatic heterocycles. The average Bonchev–Trinajstić information content (AvgIpc) is 3.75. The van der Waals surface area contributed by atoms with Crippen LogP contribution in [-0.2, 0) is 0 Å². The van der Waals surface area contributed by atoms with Crippen molar-refractivity contribution in [3.05, 3.63) is 200 Å². The Kier molecular flexibility index (Phi) is 7.76. The van der Waals surface area contributed by atoms with Crippen LogP contribution in [0.5, 0.6) is 0 Å². The molecule has 264 valence electrons. The average molecular weight is 723 g/mol. The second-order valence-corrected chi connectivity index (χ2v) is 20.5. The molecule has 10 rings (SSSR count). The van der Waals surface area contributed by atoms with Crippen molar-refractivity contribution in [2.24, 2.45) is 0 Å². The van der Waals surface area contributed by atoms with Gasteiger partial charge in [-0.1, -0.05) is 178 Å².